The number of piperazine rings is 1. The zero-order chi connectivity index (χ0) is 27.6. The van der Waals surface area contributed by atoms with E-state index >= 15 is 0 Å². The van der Waals surface area contributed by atoms with Crippen molar-refractivity contribution in [1.82, 2.24) is 25.3 Å². The number of anilines is 3. The van der Waals surface area contributed by atoms with Crippen molar-refractivity contribution in [2.75, 3.05) is 48.4 Å². The number of aromatic nitrogens is 4. The number of aliphatic carboxylic acids is 1. The minimum absolute atomic E-state index is 0.237. The number of nitrogens with zero attached hydrogens (tertiary/aromatic N) is 6. The largest absolute Gasteiger partial charge is 0.494 e. The molecule has 2 aliphatic heterocycles. The average molecular weight is 537 g/mol. The maximum atomic E-state index is 13.2. The topological polar surface area (TPSA) is 138 Å². The van der Waals surface area contributed by atoms with Crippen LogP contribution in [0.5, 0.6) is 5.75 Å². The number of methoxy groups -OCH3 is 1. The standard InChI is InChI=1S/C21H26N8O2.C2HF3O2/c1-13-12-28(9-7-22-13)18-4-6-23-20-14(18)5-8-29(20)21(30)24-17-10-15-16(11-19(17)31-3)26-27(2)25-15;3-2(4,5)1(6)7/h4,6,10-11,13,22H,5,7-9,12H2,1-3H3,(H,24,30);(H,6,7)/t13-;/m0./s1. The van der Waals surface area contributed by atoms with Gasteiger partial charge in [0.25, 0.3) is 0 Å². The summed E-state index contributed by atoms with van der Waals surface area (Å²) in [6, 6.07) is 5.81. The van der Waals surface area contributed by atoms with Crippen LogP contribution in [0.2, 0.25) is 0 Å². The van der Waals surface area contributed by atoms with Crippen molar-refractivity contribution < 1.29 is 32.6 Å². The van der Waals surface area contributed by atoms with Gasteiger partial charge in [0.2, 0.25) is 0 Å². The Kier molecular flexibility index (Phi) is 7.57. The van der Waals surface area contributed by atoms with Crippen LogP contribution in [0.15, 0.2) is 24.4 Å². The molecule has 2 aromatic heterocycles. The van der Waals surface area contributed by atoms with Gasteiger partial charge in [0.05, 0.1) is 12.8 Å². The fourth-order valence-corrected chi connectivity index (χ4v) is 4.42. The maximum Gasteiger partial charge on any atom is 0.490 e. The maximum absolute atomic E-state index is 13.2. The van der Waals surface area contributed by atoms with Gasteiger partial charge in [-0.3, -0.25) is 4.90 Å². The number of halogens is 3. The van der Waals surface area contributed by atoms with Gasteiger partial charge in [-0.1, -0.05) is 0 Å². The van der Waals surface area contributed by atoms with E-state index in [1.807, 2.05) is 0 Å². The number of nitrogens with one attached hydrogen (secondary N) is 2. The van der Waals surface area contributed by atoms with E-state index in [4.69, 9.17) is 14.6 Å². The Bertz CT molecular complexity index is 1350. The zero-order valence-electron chi connectivity index (χ0n) is 20.9. The Morgan fingerprint density at radius 1 is 1.21 bits per heavy atom. The van der Waals surface area contributed by atoms with Crippen molar-refractivity contribution in [3.05, 3.63) is 30.0 Å². The highest BCUT2D eigenvalue weighted by Crippen LogP contribution is 2.35. The molecule has 2 aliphatic rings. The monoisotopic (exact) mass is 536 g/mol. The molecule has 1 saturated heterocycles. The first-order valence-electron chi connectivity index (χ1n) is 11.7. The van der Waals surface area contributed by atoms with Gasteiger partial charge in [0.1, 0.15) is 22.6 Å². The number of carboxylic acids is 1. The minimum Gasteiger partial charge on any atom is -0.494 e. The normalized spacial score (nSPS) is 17.1. The summed E-state index contributed by atoms with van der Waals surface area (Å²) < 4.78 is 37.2. The van der Waals surface area contributed by atoms with E-state index < -0.39 is 12.1 Å². The number of amides is 2. The van der Waals surface area contributed by atoms with Gasteiger partial charge < -0.3 is 25.4 Å². The number of urea groups is 1. The second-order valence-electron chi connectivity index (χ2n) is 8.80. The summed E-state index contributed by atoms with van der Waals surface area (Å²) in [5, 5.41) is 22.2. The molecule has 38 heavy (non-hydrogen) atoms. The van der Waals surface area contributed by atoms with Crippen molar-refractivity contribution in [2.45, 2.75) is 25.6 Å². The third-order valence-corrected chi connectivity index (χ3v) is 6.09. The molecule has 2 amide bonds. The summed E-state index contributed by atoms with van der Waals surface area (Å²) >= 11 is 0. The molecule has 0 spiro atoms. The number of fused-ring (bicyclic) bond motifs is 2. The highest BCUT2D eigenvalue weighted by Gasteiger charge is 2.38. The lowest BCUT2D eigenvalue weighted by Gasteiger charge is -2.34. The van der Waals surface area contributed by atoms with E-state index in [-0.39, 0.29) is 6.03 Å². The van der Waals surface area contributed by atoms with Crippen molar-refractivity contribution in [3.63, 3.8) is 0 Å². The summed E-state index contributed by atoms with van der Waals surface area (Å²) in [5.41, 5.74) is 4.26. The Labute approximate surface area is 215 Å². The predicted octanol–water partition coefficient (Wildman–Crippen LogP) is 2.40. The number of alkyl halides is 3. The van der Waals surface area contributed by atoms with Crippen LogP contribution in [0.3, 0.4) is 0 Å². The number of rotatable bonds is 3. The van der Waals surface area contributed by atoms with Crippen molar-refractivity contribution in [3.8, 4) is 5.75 Å². The summed E-state index contributed by atoms with van der Waals surface area (Å²) in [7, 11) is 3.33. The lowest BCUT2D eigenvalue weighted by atomic mass is 10.1. The van der Waals surface area contributed by atoms with E-state index in [9.17, 15) is 18.0 Å². The number of hydrogen-bond donors (Lipinski definition) is 3. The van der Waals surface area contributed by atoms with Gasteiger partial charge in [-0.15, -0.1) is 0 Å². The third kappa shape index (κ3) is 5.72. The van der Waals surface area contributed by atoms with Crippen LogP contribution in [0.25, 0.3) is 11.0 Å². The summed E-state index contributed by atoms with van der Waals surface area (Å²) in [4.78, 5) is 32.2. The minimum atomic E-state index is -5.08. The first-order valence-corrected chi connectivity index (χ1v) is 11.7. The summed E-state index contributed by atoms with van der Waals surface area (Å²) in [5.74, 6) is -1.49. The van der Waals surface area contributed by atoms with E-state index in [0.29, 0.717) is 35.1 Å². The highest BCUT2D eigenvalue weighted by molar-refractivity contribution is 6.04. The average Bonchev–Trinajstić information content (AvgIpc) is 3.45. The Balaban J connectivity index is 0.000000426. The Hall–Kier alpha value is -4.14. The molecule has 1 fully saturated rings. The van der Waals surface area contributed by atoms with Gasteiger partial charge in [0.15, 0.2) is 0 Å². The highest BCUT2D eigenvalue weighted by atomic mass is 19.4. The van der Waals surface area contributed by atoms with Crippen LogP contribution in [0.4, 0.5) is 35.2 Å². The van der Waals surface area contributed by atoms with Crippen LogP contribution in [-0.4, -0.2) is 82.6 Å². The molecular formula is C23H27F3N8O4. The number of aryl methyl sites for hydroxylation is 1. The number of hydrogen-bond acceptors (Lipinski definition) is 8. The smallest absolute Gasteiger partial charge is 0.490 e. The first-order chi connectivity index (χ1) is 18.0. The van der Waals surface area contributed by atoms with Gasteiger partial charge in [0, 0.05) is 62.8 Å². The molecule has 1 atom stereocenters. The number of carbonyl (C=O) groups excluding carboxylic acids is 1. The van der Waals surface area contributed by atoms with Crippen molar-refractivity contribution >= 4 is 40.2 Å². The molecule has 0 saturated carbocycles. The molecule has 4 heterocycles. The fraction of sp³-hybridized carbons (Fsp3) is 0.435. The molecule has 0 bridgehead atoms. The molecule has 12 nitrogen and oxygen atoms in total. The zero-order valence-corrected chi connectivity index (χ0v) is 20.9. The quantitative estimate of drug-likeness (QED) is 0.461. The first kappa shape index (κ1) is 26.9. The molecule has 0 radical (unpaired) electrons. The number of ether oxygens (including phenoxy) is 1. The molecular weight excluding hydrogens is 509 g/mol. The van der Waals surface area contributed by atoms with Crippen molar-refractivity contribution in [1.29, 1.82) is 0 Å². The van der Waals surface area contributed by atoms with E-state index in [2.05, 4.69) is 43.7 Å². The number of pyridine rings is 1. The van der Waals surface area contributed by atoms with Crippen LogP contribution >= 0.6 is 0 Å². The second-order valence-corrected chi connectivity index (χ2v) is 8.80. The number of benzene rings is 1. The number of carboxylic acid groups (broad SMARTS) is 1. The molecule has 3 aromatic rings. The Morgan fingerprint density at radius 2 is 1.89 bits per heavy atom. The van der Waals surface area contributed by atoms with E-state index in [1.165, 1.54) is 10.5 Å². The van der Waals surface area contributed by atoms with Crippen LogP contribution in [-0.2, 0) is 18.3 Å². The molecule has 0 aliphatic carbocycles. The summed E-state index contributed by atoms with van der Waals surface area (Å²) in [6.07, 6.45) is -2.51. The molecule has 1 aromatic carbocycles. The van der Waals surface area contributed by atoms with Crippen LogP contribution < -0.4 is 25.2 Å². The van der Waals surface area contributed by atoms with Crippen LogP contribution in [0, 0.1) is 0 Å². The van der Waals surface area contributed by atoms with Gasteiger partial charge in [-0.05, 0) is 25.5 Å². The predicted molar refractivity (Wildman–Crippen MR) is 133 cm³/mol. The van der Waals surface area contributed by atoms with Crippen molar-refractivity contribution in [2.24, 2.45) is 7.05 Å². The summed E-state index contributed by atoms with van der Waals surface area (Å²) in [6.45, 7) is 5.62. The molecule has 3 N–H and O–H groups in total. The molecule has 5 rings (SSSR count). The van der Waals surface area contributed by atoms with Gasteiger partial charge in [-0.25, -0.2) is 14.6 Å². The lowest BCUT2D eigenvalue weighted by Crippen LogP contribution is -2.49. The third-order valence-electron chi connectivity index (χ3n) is 6.09. The van der Waals surface area contributed by atoms with Crippen LogP contribution in [0.1, 0.15) is 12.5 Å². The Morgan fingerprint density at radius 3 is 2.53 bits per heavy atom. The fourth-order valence-electron chi connectivity index (χ4n) is 4.42. The van der Waals surface area contributed by atoms with Gasteiger partial charge in [-0.2, -0.15) is 28.2 Å². The van der Waals surface area contributed by atoms with E-state index in [1.54, 1.807) is 37.4 Å². The molecule has 204 valence electrons. The van der Waals surface area contributed by atoms with E-state index in [0.717, 1.165) is 37.4 Å². The SMILES string of the molecule is COc1cc2nn(C)nc2cc1NC(=O)N1CCc2c(N3CCN[C@@H](C)C3)ccnc21.O=C(O)C(F)(F)F. The molecule has 0 unspecified atom stereocenters. The number of carbonyl (C=O) groups is 2. The second kappa shape index (κ2) is 10.7. The van der Waals surface area contributed by atoms with Gasteiger partial charge >= 0.3 is 18.2 Å². The molecule has 15 heteroatoms. The lowest BCUT2D eigenvalue weighted by molar-refractivity contribution is -0.192.